The molecule has 0 saturated carbocycles. The fourth-order valence-electron chi connectivity index (χ4n) is 1.82. The number of hydrogen-bond acceptors (Lipinski definition) is 1. The third kappa shape index (κ3) is 3.83. The first-order chi connectivity index (χ1) is 8.29. The van der Waals surface area contributed by atoms with Crippen LogP contribution >= 0.6 is 12.4 Å². The largest absolute Gasteiger partial charge is 0.319 e. The Labute approximate surface area is 113 Å². The molecule has 0 aromatic heterocycles. The van der Waals surface area contributed by atoms with Gasteiger partial charge < -0.3 is 5.32 Å². The van der Waals surface area contributed by atoms with Crippen LogP contribution in [0, 0.1) is 5.82 Å². The summed E-state index contributed by atoms with van der Waals surface area (Å²) in [5, 5.41) is 3.13. The van der Waals surface area contributed by atoms with Crippen LogP contribution in [-0.2, 0) is 6.42 Å². The molecule has 0 fully saturated rings. The lowest BCUT2D eigenvalue weighted by Gasteiger charge is -2.05. The van der Waals surface area contributed by atoms with Crippen molar-refractivity contribution in [2.75, 3.05) is 13.6 Å². The number of halogens is 2. The highest BCUT2D eigenvalue weighted by atomic mass is 35.5. The number of hydrogen-bond donors (Lipinski definition) is 1. The molecule has 2 aromatic rings. The van der Waals surface area contributed by atoms with E-state index in [1.165, 1.54) is 17.7 Å². The summed E-state index contributed by atoms with van der Waals surface area (Å²) in [5.74, 6) is -0.194. The van der Waals surface area contributed by atoms with Crippen molar-refractivity contribution in [3.8, 4) is 11.1 Å². The maximum absolute atomic E-state index is 12.8. The first-order valence-electron chi connectivity index (χ1n) is 5.79. The Balaban J connectivity index is 0.00000162. The molecule has 2 aromatic carbocycles. The molecule has 0 unspecified atom stereocenters. The van der Waals surface area contributed by atoms with E-state index in [2.05, 4.69) is 23.5 Å². The van der Waals surface area contributed by atoms with Gasteiger partial charge in [0.15, 0.2) is 0 Å². The highest BCUT2D eigenvalue weighted by Gasteiger charge is 1.99. The Hall–Kier alpha value is -1.38. The molecule has 0 aliphatic carbocycles. The molecular formula is C15H17ClFN. The van der Waals surface area contributed by atoms with E-state index in [1.807, 2.05) is 25.2 Å². The third-order valence-electron chi connectivity index (χ3n) is 2.77. The van der Waals surface area contributed by atoms with Crippen molar-refractivity contribution < 1.29 is 4.39 Å². The molecule has 1 N–H and O–H groups in total. The van der Waals surface area contributed by atoms with Gasteiger partial charge in [0.1, 0.15) is 5.82 Å². The van der Waals surface area contributed by atoms with Gasteiger partial charge in [-0.3, -0.25) is 0 Å². The second-order valence-electron chi connectivity index (χ2n) is 4.06. The van der Waals surface area contributed by atoms with Crippen LogP contribution in [0.1, 0.15) is 5.56 Å². The lowest BCUT2D eigenvalue weighted by atomic mass is 10.0. The molecule has 0 atom stereocenters. The normalized spacial score (nSPS) is 9.89. The molecule has 0 aliphatic rings. The van der Waals surface area contributed by atoms with E-state index in [4.69, 9.17) is 0 Å². The number of benzene rings is 2. The molecule has 0 amide bonds. The lowest BCUT2D eigenvalue weighted by Crippen LogP contribution is -2.10. The van der Waals surface area contributed by atoms with Crippen molar-refractivity contribution in [2.45, 2.75) is 6.42 Å². The van der Waals surface area contributed by atoms with Crippen LogP contribution in [0.15, 0.2) is 48.5 Å². The third-order valence-corrected chi connectivity index (χ3v) is 2.77. The van der Waals surface area contributed by atoms with E-state index in [0.29, 0.717) is 0 Å². The minimum atomic E-state index is -0.194. The highest BCUT2D eigenvalue weighted by molar-refractivity contribution is 5.85. The van der Waals surface area contributed by atoms with Gasteiger partial charge in [0.25, 0.3) is 0 Å². The minimum absolute atomic E-state index is 0. The molecular weight excluding hydrogens is 249 g/mol. The van der Waals surface area contributed by atoms with Crippen molar-refractivity contribution in [3.63, 3.8) is 0 Å². The first kappa shape index (κ1) is 14.7. The zero-order chi connectivity index (χ0) is 12.1. The summed E-state index contributed by atoms with van der Waals surface area (Å²) in [6, 6.07) is 15.0. The molecule has 0 aliphatic heterocycles. The molecule has 1 nitrogen and oxygen atoms in total. The van der Waals surface area contributed by atoms with Gasteiger partial charge in [-0.1, -0.05) is 36.4 Å². The topological polar surface area (TPSA) is 12.0 Å². The zero-order valence-corrected chi connectivity index (χ0v) is 11.1. The lowest BCUT2D eigenvalue weighted by molar-refractivity contribution is 0.628. The standard InChI is InChI=1S/C15H16FN.ClH/c1-17-10-9-12-3-2-4-14(11-12)13-5-7-15(16)8-6-13;/h2-8,11,17H,9-10H2,1H3;1H. The Kier molecular flexibility index (Phi) is 5.83. The smallest absolute Gasteiger partial charge is 0.123 e. The average molecular weight is 266 g/mol. The Morgan fingerprint density at radius 2 is 1.72 bits per heavy atom. The minimum Gasteiger partial charge on any atom is -0.319 e. The van der Waals surface area contributed by atoms with E-state index in [9.17, 15) is 4.39 Å². The molecule has 0 radical (unpaired) electrons. The van der Waals surface area contributed by atoms with Crippen LogP contribution < -0.4 is 5.32 Å². The summed E-state index contributed by atoms with van der Waals surface area (Å²) in [5.41, 5.74) is 3.48. The fourth-order valence-corrected chi connectivity index (χ4v) is 1.82. The van der Waals surface area contributed by atoms with Gasteiger partial charge in [0.05, 0.1) is 0 Å². The van der Waals surface area contributed by atoms with Crippen LogP contribution in [0.25, 0.3) is 11.1 Å². The van der Waals surface area contributed by atoms with Crippen LogP contribution in [0.4, 0.5) is 4.39 Å². The summed E-state index contributed by atoms with van der Waals surface area (Å²) in [6.07, 6.45) is 1.01. The second kappa shape index (κ2) is 7.14. The van der Waals surface area contributed by atoms with Gasteiger partial charge in [0.2, 0.25) is 0 Å². The van der Waals surface area contributed by atoms with E-state index in [-0.39, 0.29) is 18.2 Å². The van der Waals surface area contributed by atoms with Gasteiger partial charge >= 0.3 is 0 Å². The molecule has 0 spiro atoms. The monoisotopic (exact) mass is 265 g/mol. The molecule has 3 heteroatoms. The molecule has 2 rings (SSSR count). The summed E-state index contributed by atoms with van der Waals surface area (Å²) in [4.78, 5) is 0. The van der Waals surface area contributed by atoms with E-state index in [1.54, 1.807) is 0 Å². The fraction of sp³-hybridized carbons (Fsp3) is 0.200. The predicted octanol–water partition coefficient (Wildman–Crippen LogP) is 3.68. The first-order valence-corrected chi connectivity index (χ1v) is 5.79. The highest BCUT2D eigenvalue weighted by Crippen LogP contribution is 2.20. The maximum atomic E-state index is 12.8. The summed E-state index contributed by atoms with van der Waals surface area (Å²) >= 11 is 0. The van der Waals surface area contributed by atoms with E-state index < -0.39 is 0 Å². The van der Waals surface area contributed by atoms with Gasteiger partial charge in [-0.05, 0) is 48.8 Å². The van der Waals surface area contributed by atoms with E-state index in [0.717, 1.165) is 24.1 Å². The van der Waals surface area contributed by atoms with Gasteiger partial charge in [0, 0.05) is 0 Å². The van der Waals surface area contributed by atoms with Crippen LogP contribution in [0.3, 0.4) is 0 Å². The van der Waals surface area contributed by atoms with Crippen molar-refractivity contribution in [1.29, 1.82) is 0 Å². The van der Waals surface area contributed by atoms with Gasteiger partial charge in [-0.25, -0.2) is 4.39 Å². The van der Waals surface area contributed by atoms with Gasteiger partial charge in [-0.2, -0.15) is 0 Å². The molecule has 96 valence electrons. The van der Waals surface area contributed by atoms with Crippen molar-refractivity contribution in [2.24, 2.45) is 0 Å². The summed E-state index contributed by atoms with van der Waals surface area (Å²) < 4.78 is 12.8. The van der Waals surface area contributed by atoms with Crippen LogP contribution in [-0.4, -0.2) is 13.6 Å². The Bertz CT molecular complexity index is 482. The van der Waals surface area contributed by atoms with Crippen molar-refractivity contribution in [3.05, 3.63) is 59.9 Å². The number of rotatable bonds is 4. The quantitative estimate of drug-likeness (QED) is 0.889. The van der Waals surface area contributed by atoms with E-state index >= 15 is 0 Å². The van der Waals surface area contributed by atoms with Crippen LogP contribution in [0.2, 0.25) is 0 Å². The predicted molar refractivity (Wildman–Crippen MR) is 76.7 cm³/mol. The van der Waals surface area contributed by atoms with Gasteiger partial charge in [-0.15, -0.1) is 12.4 Å². The Morgan fingerprint density at radius 3 is 2.39 bits per heavy atom. The molecule has 0 heterocycles. The number of likely N-dealkylation sites (N-methyl/N-ethyl adjacent to an activating group) is 1. The van der Waals surface area contributed by atoms with Crippen LogP contribution in [0.5, 0.6) is 0 Å². The van der Waals surface area contributed by atoms with Crippen molar-refractivity contribution in [1.82, 2.24) is 5.32 Å². The average Bonchev–Trinajstić information content (AvgIpc) is 2.37. The molecule has 0 saturated heterocycles. The summed E-state index contributed by atoms with van der Waals surface area (Å²) in [6.45, 7) is 0.965. The summed E-state index contributed by atoms with van der Waals surface area (Å²) in [7, 11) is 1.95. The molecule has 18 heavy (non-hydrogen) atoms. The second-order valence-corrected chi connectivity index (χ2v) is 4.06. The maximum Gasteiger partial charge on any atom is 0.123 e. The SMILES string of the molecule is CNCCc1cccc(-c2ccc(F)cc2)c1.Cl. The zero-order valence-electron chi connectivity index (χ0n) is 10.3. The number of nitrogens with one attached hydrogen (secondary N) is 1. The van der Waals surface area contributed by atoms with Crippen molar-refractivity contribution >= 4 is 12.4 Å². The molecule has 0 bridgehead atoms. The Morgan fingerprint density at radius 1 is 1.00 bits per heavy atom.